The van der Waals surface area contributed by atoms with E-state index in [2.05, 4.69) is 57.2 Å². The molecule has 0 aliphatic carbocycles. The van der Waals surface area contributed by atoms with Crippen LogP contribution in [-0.2, 0) is 24.2 Å². The van der Waals surface area contributed by atoms with Crippen LogP contribution in [0.5, 0.6) is 0 Å². The summed E-state index contributed by atoms with van der Waals surface area (Å²) in [7, 11) is 0. The molecule has 1 aliphatic rings. The first-order chi connectivity index (χ1) is 12.2. The van der Waals surface area contributed by atoms with E-state index in [1.807, 2.05) is 6.92 Å². The van der Waals surface area contributed by atoms with Gasteiger partial charge in [0.2, 0.25) is 5.89 Å². The first-order valence-electron chi connectivity index (χ1n) is 9.14. The highest BCUT2D eigenvalue weighted by Crippen LogP contribution is 2.14. The Kier molecular flexibility index (Phi) is 6.55. The molecule has 1 saturated heterocycles. The standard InChI is InChI=1S/C19H28N4O2/c1-3-18-20-19(25-21-18)15-23(14-17-7-5-4-6-8-17)16(2)13-22-9-11-24-12-10-22/h4-8,16H,3,9-15H2,1-2H3/t16-/m0/s1. The summed E-state index contributed by atoms with van der Waals surface area (Å²) in [5.74, 6) is 1.47. The molecule has 0 bridgehead atoms. The summed E-state index contributed by atoms with van der Waals surface area (Å²) < 4.78 is 10.9. The Bertz CT molecular complexity index is 625. The second-order valence-electron chi connectivity index (χ2n) is 6.61. The minimum Gasteiger partial charge on any atom is -0.379 e. The number of hydrogen-bond acceptors (Lipinski definition) is 6. The van der Waals surface area contributed by atoms with Gasteiger partial charge in [-0.1, -0.05) is 42.4 Å². The summed E-state index contributed by atoms with van der Waals surface area (Å²) >= 11 is 0. The molecule has 136 valence electrons. The van der Waals surface area contributed by atoms with Crippen LogP contribution in [0.25, 0.3) is 0 Å². The molecule has 0 unspecified atom stereocenters. The van der Waals surface area contributed by atoms with Crippen LogP contribution in [0.3, 0.4) is 0 Å². The van der Waals surface area contributed by atoms with Crippen molar-refractivity contribution in [2.45, 2.75) is 39.4 Å². The number of hydrogen-bond donors (Lipinski definition) is 0. The summed E-state index contributed by atoms with van der Waals surface area (Å²) in [5.41, 5.74) is 1.30. The molecule has 6 heteroatoms. The van der Waals surface area contributed by atoms with E-state index in [4.69, 9.17) is 9.26 Å². The SMILES string of the molecule is CCc1noc(CN(Cc2ccccc2)[C@@H](C)CN2CCOCC2)n1. The first-order valence-corrected chi connectivity index (χ1v) is 9.14. The molecule has 1 aromatic heterocycles. The minimum absolute atomic E-state index is 0.385. The predicted octanol–water partition coefficient (Wildman–Crippen LogP) is 2.35. The second kappa shape index (κ2) is 9.08. The van der Waals surface area contributed by atoms with E-state index in [-0.39, 0.29) is 0 Å². The molecule has 6 nitrogen and oxygen atoms in total. The Balaban J connectivity index is 1.68. The zero-order valence-corrected chi connectivity index (χ0v) is 15.2. The van der Waals surface area contributed by atoms with Crippen LogP contribution >= 0.6 is 0 Å². The smallest absolute Gasteiger partial charge is 0.240 e. The van der Waals surface area contributed by atoms with E-state index in [1.165, 1.54) is 5.56 Å². The van der Waals surface area contributed by atoms with Gasteiger partial charge in [-0.15, -0.1) is 0 Å². The van der Waals surface area contributed by atoms with Crippen molar-refractivity contribution in [3.05, 3.63) is 47.6 Å². The first kappa shape index (κ1) is 18.0. The van der Waals surface area contributed by atoms with Gasteiger partial charge < -0.3 is 9.26 Å². The lowest BCUT2D eigenvalue weighted by Gasteiger charge is -2.34. The maximum atomic E-state index is 5.46. The number of ether oxygens (including phenoxy) is 1. The number of morpholine rings is 1. The van der Waals surface area contributed by atoms with Crippen LogP contribution in [0.4, 0.5) is 0 Å². The number of aromatic nitrogens is 2. The lowest BCUT2D eigenvalue weighted by atomic mass is 10.1. The quantitative estimate of drug-likeness (QED) is 0.733. The van der Waals surface area contributed by atoms with Gasteiger partial charge in [0.1, 0.15) is 0 Å². The second-order valence-corrected chi connectivity index (χ2v) is 6.61. The van der Waals surface area contributed by atoms with E-state index in [0.717, 1.165) is 51.6 Å². The average molecular weight is 344 g/mol. The maximum absolute atomic E-state index is 5.46. The van der Waals surface area contributed by atoms with Gasteiger partial charge >= 0.3 is 0 Å². The topological polar surface area (TPSA) is 54.6 Å². The Morgan fingerprint density at radius 1 is 1.16 bits per heavy atom. The normalized spacial score (nSPS) is 17.1. The van der Waals surface area contributed by atoms with Crippen LogP contribution in [0.15, 0.2) is 34.9 Å². The van der Waals surface area contributed by atoms with Gasteiger partial charge in [0.25, 0.3) is 0 Å². The van der Waals surface area contributed by atoms with Gasteiger partial charge in [0.15, 0.2) is 5.82 Å². The fourth-order valence-corrected chi connectivity index (χ4v) is 3.13. The van der Waals surface area contributed by atoms with Crippen LogP contribution in [0, 0.1) is 0 Å². The summed E-state index contributed by atoms with van der Waals surface area (Å²) in [6, 6.07) is 10.9. The van der Waals surface area contributed by atoms with Crippen molar-refractivity contribution in [2.24, 2.45) is 0 Å². The van der Waals surface area contributed by atoms with Gasteiger partial charge in [-0.05, 0) is 12.5 Å². The molecule has 2 aromatic rings. The molecule has 1 atom stereocenters. The number of benzene rings is 1. The van der Waals surface area contributed by atoms with Crippen LogP contribution in [0.2, 0.25) is 0 Å². The molecule has 0 N–H and O–H groups in total. The van der Waals surface area contributed by atoms with Crippen molar-refractivity contribution in [1.82, 2.24) is 19.9 Å². The highest BCUT2D eigenvalue weighted by Gasteiger charge is 2.21. The molecule has 0 amide bonds. The van der Waals surface area contributed by atoms with Crippen molar-refractivity contribution in [2.75, 3.05) is 32.8 Å². The Labute approximate surface area is 149 Å². The fraction of sp³-hybridized carbons (Fsp3) is 0.579. The van der Waals surface area contributed by atoms with E-state index >= 15 is 0 Å². The molecule has 0 radical (unpaired) electrons. The largest absolute Gasteiger partial charge is 0.379 e. The van der Waals surface area contributed by atoms with Crippen LogP contribution in [-0.4, -0.2) is 58.8 Å². The van der Waals surface area contributed by atoms with Gasteiger partial charge in [0, 0.05) is 38.6 Å². The highest BCUT2D eigenvalue weighted by molar-refractivity contribution is 5.14. The molecule has 1 aromatic carbocycles. The van der Waals surface area contributed by atoms with Crippen molar-refractivity contribution in [1.29, 1.82) is 0 Å². The fourth-order valence-electron chi connectivity index (χ4n) is 3.13. The molecule has 3 rings (SSSR count). The number of rotatable bonds is 8. The molecule has 0 saturated carbocycles. The summed E-state index contributed by atoms with van der Waals surface area (Å²) in [6.07, 6.45) is 0.797. The Morgan fingerprint density at radius 3 is 2.60 bits per heavy atom. The third-order valence-corrected chi connectivity index (χ3v) is 4.64. The van der Waals surface area contributed by atoms with Crippen LogP contribution in [0.1, 0.15) is 31.1 Å². The molecular formula is C19H28N4O2. The number of aryl methyl sites for hydroxylation is 1. The summed E-state index contributed by atoms with van der Waals surface area (Å²) in [4.78, 5) is 9.37. The minimum atomic E-state index is 0.385. The van der Waals surface area contributed by atoms with E-state index in [9.17, 15) is 0 Å². The zero-order valence-electron chi connectivity index (χ0n) is 15.2. The third-order valence-electron chi connectivity index (χ3n) is 4.64. The van der Waals surface area contributed by atoms with Gasteiger partial charge in [-0.25, -0.2) is 0 Å². The molecule has 1 fully saturated rings. The Hall–Kier alpha value is -1.76. The third kappa shape index (κ3) is 5.36. The van der Waals surface area contributed by atoms with Gasteiger partial charge in [-0.3, -0.25) is 9.80 Å². The van der Waals surface area contributed by atoms with E-state index in [0.29, 0.717) is 18.5 Å². The molecule has 25 heavy (non-hydrogen) atoms. The maximum Gasteiger partial charge on any atom is 0.240 e. The summed E-state index contributed by atoms with van der Waals surface area (Å²) in [6.45, 7) is 10.5. The Morgan fingerprint density at radius 2 is 1.92 bits per heavy atom. The molecule has 2 heterocycles. The van der Waals surface area contributed by atoms with Gasteiger partial charge in [-0.2, -0.15) is 4.98 Å². The lowest BCUT2D eigenvalue weighted by molar-refractivity contribution is 0.0214. The van der Waals surface area contributed by atoms with Crippen molar-refractivity contribution in [3.8, 4) is 0 Å². The molecule has 1 aliphatic heterocycles. The van der Waals surface area contributed by atoms with Crippen molar-refractivity contribution >= 4 is 0 Å². The highest BCUT2D eigenvalue weighted by atomic mass is 16.5. The van der Waals surface area contributed by atoms with E-state index in [1.54, 1.807) is 0 Å². The molecule has 0 spiro atoms. The van der Waals surface area contributed by atoms with E-state index < -0.39 is 0 Å². The lowest BCUT2D eigenvalue weighted by Crippen LogP contribution is -2.45. The average Bonchev–Trinajstić information content (AvgIpc) is 3.10. The molecular weight excluding hydrogens is 316 g/mol. The van der Waals surface area contributed by atoms with Gasteiger partial charge in [0.05, 0.1) is 19.8 Å². The van der Waals surface area contributed by atoms with Crippen LogP contribution < -0.4 is 0 Å². The zero-order chi connectivity index (χ0) is 17.5. The summed E-state index contributed by atoms with van der Waals surface area (Å²) in [5, 5.41) is 4.03. The van der Waals surface area contributed by atoms with Crippen molar-refractivity contribution in [3.63, 3.8) is 0 Å². The van der Waals surface area contributed by atoms with Crippen molar-refractivity contribution < 1.29 is 9.26 Å². The predicted molar refractivity (Wildman–Crippen MR) is 96.1 cm³/mol. The number of nitrogens with zero attached hydrogens (tertiary/aromatic N) is 4. The monoisotopic (exact) mass is 344 g/mol.